The first-order valence-corrected chi connectivity index (χ1v) is 5.36. The summed E-state index contributed by atoms with van der Waals surface area (Å²) < 4.78 is 41.7. The van der Waals surface area contributed by atoms with Crippen molar-refractivity contribution in [2.75, 3.05) is 0 Å². The molecular formula is C12H16F3NO. The fourth-order valence-corrected chi connectivity index (χ4v) is 1.49. The van der Waals surface area contributed by atoms with E-state index in [0.29, 0.717) is 0 Å². The Kier molecular flexibility index (Phi) is 3.84. The van der Waals surface area contributed by atoms with E-state index in [9.17, 15) is 18.3 Å². The van der Waals surface area contributed by atoms with E-state index in [4.69, 9.17) is 5.73 Å². The number of nitrogens with two attached hydrogens (primary N) is 1. The van der Waals surface area contributed by atoms with Crippen LogP contribution in [-0.2, 0) is 12.5 Å². The van der Waals surface area contributed by atoms with Gasteiger partial charge in [0.15, 0.2) is 0 Å². The minimum atomic E-state index is -3.66. The molecule has 1 unspecified atom stereocenters. The van der Waals surface area contributed by atoms with Gasteiger partial charge in [-0.05, 0) is 19.4 Å². The van der Waals surface area contributed by atoms with Crippen LogP contribution in [0.15, 0.2) is 18.2 Å². The van der Waals surface area contributed by atoms with E-state index in [0.717, 1.165) is 13.0 Å². The summed E-state index contributed by atoms with van der Waals surface area (Å²) in [6.45, 7) is 2.24. The SMILES string of the molecule is CCC(C)(O)C(F)(F)c1cccc(CN)c1F. The van der Waals surface area contributed by atoms with Crippen molar-refractivity contribution < 1.29 is 18.3 Å². The van der Waals surface area contributed by atoms with Crippen LogP contribution in [0.4, 0.5) is 13.2 Å². The van der Waals surface area contributed by atoms with Gasteiger partial charge < -0.3 is 10.8 Å². The molecule has 3 N–H and O–H groups in total. The molecule has 0 aliphatic rings. The lowest BCUT2D eigenvalue weighted by atomic mass is 9.88. The number of rotatable bonds is 4. The predicted molar refractivity (Wildman–Crippen MR) is 59.1 cm³/mol. The van der Waals surface area contributed by atoms with Crippen LogP contribution in [0, 0.1) is 5.82 Å². The number of alkyl halides is 2. The van der Waals surface area contributed by atoms with Gasteiger partial charge in [-0.2, -0.15) is 8.78 Å². The van der Waals surface area contributed by atoms with Crippen molar-refractivity contribution in [1.82, 2.24) is 0 Å². The first-order chi connectivity index (χ1) is 7.78. The molecule has 0 bridgehead atoms. The summed E-state index contributed by atoms with van der Waals surface area (Å²) >= 11 is 0. The highest BCUT2D eigenvalue weighted by Gasteiger charge is 2.50. The van der Waals surface area contributed by atoms with Gasteiger partial charge in [0.2, 0.25) is 0 Å². The Bertz CT molecular complexity index is 405. The number of hydrogen-bond acceptors (Lipinski definition) is 2. The van der Waals surface area contributed by atoms with Crippen LogP contribution in [0.2, 0.25) is 0 Å². The second kappa shape index (κ2) is 4.66. The number of hydrogen-bond donors (Lipinski definition) is 2. The highest BCUT2D eigenvalue weighted by atomic mass is 19.3. The first kappa shape index (κ1) is 14.0. The quantitative estimate of drug-likeness (QED) is 0.858. The van der Waals surface area contributed by atoms with Crippen LogP contribution >= 0.6 is 0 Å². The molecular weight excluding hydrogens is 231 g/mol. The maximum absolute atomic E-state index is 14.0. The van der Waals surface area contributed by atoms with Gasteiger partial charge in [0.1, 0.15) is 11.4 Å². The van der Waals surface area contributed by atoms with Crippen LogP contribution in [0.5, 0.6) is 0 Å². The third-order valence-corrected chi connectivity index (χ3v) is 3.00. The molecule has 1 aromatic rings. The van der Waals surface area contributed by atoms with Gasteiger partial charge in [-0.15, -0.1) is 0 Å². The first-order valence-electron chi connectivity index (χ1n) is 5.36. The number of benzene rings is 1. The van der Waals surface area contributed by atoms with Crippen LogP contribution in [0.3, 0.4) is 0 Å². The molecule has 17 heavy (non-hydrogen) atoms. The zero-order chi connectivity index (χ0) is 13.3. The maximum atomic E-state index is 14.0. The highest BCUT2D eigenvalue weighted by molar-refractivity contribution is 5.31. The van der Waals surface area contributed by atoms with Gasteiger partial charge in [0.25, 0.3) is 0 Å². The zero-order valence-corrected chi connectivity index (χ0v) is 9.80. The van der Waals surface area contributed by atoms with Crippen molar-refractivity contribution in [2.24, 2.45) is 5.73 Å². The average molecular weight is 247 g/mol. The molecule has 0 saturated carbocycles. The molecule has 2 nitrogen and oxygen atoms in total. The minimum Gasteiger partial charge on any atom is -0.384 e. The van der Waals surface area contributed by atoms with E-state index >= 15 is 0 Å². The molecule has 0 saturated heterocycles. The van der Waals surface area contributed by atoms with Crippen molar-refractivity contribution in [1.29, 1.82) is 0 Å². The third-order valence-electron chi connectivity index (χ3n) is 3.00. The Morgan fingerprint density at radius 2 is 1.94 bits per heavy atom. The molecule has 96 valence electrons. The van der Waals surface area contributed by atoms with Gasteiger partial charge in [0, 0.05) is 12.1 Å². The lowest BCUT2D eigenvalue weighted by molar-refractivity contribution is -0.181. The molecule has 1 aromatic carbocycles. The van der Waals surface area contributed by atoms with E-state index < -0.39 is 22.9 Å². The van der Waals surface area contributed by atoms with Crippen molar-refractivity contribution >= 4 is 0 Å². The van der Waals surface area contributed by atoms with E-state index in [-0.39, 0.29) is 18.5 Å². The lowest BCUT2D eigenvalue weighted by Crippen LogP contribution is -2.43. The summed E-state index contributed by atoms with van der Waals surface area (Å²) in [5, 5.41) is 9.64. The molecule has 0 amide bonds. The van der Waals surface area contributed by atoms with E-state index in [1.807, 2.05) is 0 Å². The molecule has 5 heteroatoms. The molecule has 0 radical (unpaired) electrons. The normalized spacial score (nSPS) is 15.7. The second-order valence-electron chi connectivity index (χ2n) is 4.18. The molecule has 0 spiro atoms. The molecule has 0 aromatic heterocycles. The van der Waals surface area contributed by atoms with Crippen molar-refractivity contribution in [3.63, 3.8) is 0 Å². The summed E-state index contributed by atoms with van der Waals surface area (Å²) in [4.78, 5) is 0. The van der Waals surface area contributed by atoms with Crippen molar-refractivity contribution in [3.05, 3.63) is 35.1 Å². The lowest BCUT2D eigenvalue weighted by Gasteiger charge is -2.32. The van der Waals surface area contributed by atoms with Gasteiger partial charge >= 0.3 is 5.92 Å². The van der Waals surface area contributed by atoms with E-state index in [1.54, 1.807) is 0 Å². The Balaban J connectivity index is 3.33. The van der Waals surface area contributed by atoms with Crippen LogP contribution < -0.4 is 5.73 Å². The monoisotopic (exact) mass is 247 g/mol. The van der Waals surface area contributed by atoms with Gasteiger partial charge in [-0.25, -0.2) is 4.39 Å². The Labute approximate surface area is 98.3 Å². The predicted octanol–water partition coefficient (Wildman–Crippen LogP) is 2.54. The van der Waals surface area contributed by atoms with E-state index in [2.05, 4.69) is 0 Å². The molecule has 0 aliphatic heterocycles. The van der Waals surface area contributed by atoms with Gasteiger partial charge in [-0.1, -0.05) is 19.1 Å². The van der Waals surface area contributed by atoms with Crippen LogP contribution in [-0.4, -0.2) is 10.7 Å². The fraction of sp³-hybridized carbons (Fsp3) is 0.500. The van der Waals surface area contributed by atoms with Crippen molar-refractivity contribution in [3.8, 4) is 0 Å². The van der Waals surface area contributed by atoms with Crippen LogP contribution in [0.1, 0.15) is 31.4 Å². The molecule has 1 rings (SSSR count). The summed E-state index contributed by atoms with van der Waals surface area (Å²) in [5.41, 5.74) is 2.16. The summed E-state index contributed by atoms with van der Waals surface area (Å²) in [5.74, 6) is -4.70. The van der Waals surface area contributed by atoms with Gasteiger partial charge in [0.05, 0.1) is 5.56 Å². The zero-order valence-electron chi connectivity index (χ0n) is 9.80. The summed E-state index contributed by atoms with van der Waals surface area (Å²) in [6.07, 6.45) is -0.188. The average Bonchev–Trinajstić information content (AvgIpc) is 2.28. The topological polar surface area (TPSA) is 46.2 Å². The number of halogens is 3. The Hall–Kier alpha value is -1.07. The smallest absolute Gasteiger partial charge is 0.303 e. The minimum absolute atomic E-state index is 0.00841. The third kappa shape index (κ3) is 2.30. The maximum Gasteiger partial charge on any atom is 0.303 e. The molecule has 0 heterocycles. The molecule has 0 aliphatic carbocycles. The summed E-state index contributed by atoms with van der Waals surface area (Å²) in [6, 6.07) is 3.62. The van der Waals surface area contributed by atoms with Crippen LogP contribution in [0.25, 0.3) is 0 Å². The Morgan fingerprint density at radius 1 is 1.35 bits per heavy atom. The molecule has 1 atom stereocenters. The summed E-state index contributed by atoms with van der Waals surface area (Å²) in [7, 11) is 0. The number of aliphatic hydroxyl groups is 1. The second-order valence-corrected chi connectivity index (χ2v) is 4.18. The Morgan fingerprint density at radius 3 is 2.41 bits per heavy atom. The largest absolute Gasteiger partial charge is 0.384 e. The van der Waals surface area contributed by atoms with Gasteiger partial charge in [-0.3, -0.25) is 0 Å². The van der Waals surface area contributed by atoms with Crippen molar-refractivity contribution in [2.45, 2.75) is 38.3 Å². The standard InChI is InChI=1S/C12H16F3NO/c1-3-11(2,17)12(14,15)9-6-4-5-8(7-16)10(9)13/h4-6,17H,3,7,16H2,1-2H3. The fourth-order valence-electron chi connectivity index (χ4n) is 1.49. The van der Waals surface area contributed by atoms with E-state index in [1.165, 1.54) is 19.1 Å². The highest BCUT2D eigenvalue weighted by Crippen LogP contribution is 2.42. The molecule has 0 fully saturated rings.